The summed E-state index contributed by atoms with van der Waals surface area (Å²) in [5, 5.41) is 10.1. The number of carbonyl (C=O) groups excluding carboxylic acids is 1. The lowest BCUT2D eigenvalue weighted by molar-refractivity contribution is -0.117. The van der Waals surface area contributed by atoms with Crippen LogP contribution in [0.4, 0.5) is 25.8 Å². The van der Waals surface area contributed by atoms with E-state index in [1.54, 1.807) is 0 Å². The molecule has 1 saturated heterocycles. The van der Waals surface area contributed by atoms with E-state index in [1.807, 2.05) is 4.72 Å². The van der Waals surface area contributed by atoms with Crippen LogP contribution in [0.2, 0.25) is 0 Å². The van der Waals surface area contributed by atoms with Gasteiger partial charge in [-0.25, -0.2) is 8.78 Å². The minimum atomic E-state index is -4.27. The third-order valence-electron chi connectivity index (χ3n) is 3.76. The number of benzene rings is 2. The second-order valence-corrected chi connectivity index (χ2v) is 8.54. The lowest BCUT2D eigenvalue weighted by Gasteiger charge is -2.21. The van der Waals surface area contributed by atoms with Crippen molar-refractivity contribution < 1.29 is 31.7 Å². The maximum Gasteiger partial charge on any atom is 0.323 e. The molecule has 1 amide bonds. The maximum absolute atomic E-state index is 14.4. The molecule has 1 fully saturated rings. The van der Waals surface area contributed by atoms with Gasteiger partial charge in [0.15, 0.2) is 29.6 Å². The van der Waals surface area contributed by atoms with E-state index in [0.29, 0.717) is 0 Å². The SMILES string of the molecule is CN(c1cccc(F)c1)S(=O)(=O)Nc1cc(O)c(N2CC(=O)N[S+]2[O-])c(F)c1. The molecule has 9 nitrogen and oxygen atoms in total. The fraction of sp³-hybridized carbons (Fsp3) is 0.133. The maximum atomic E-state index is 14.4. The third kappa shape index (κ3) is 3.90. The van der Waals surface area contributed by atoms with Crippen molar-refractivity contribution in [1.82, 2.24) is 4.72 Å². The molecule has 2 aromatic carbocycles. The van der Waals surface area contributed by atoms with Gasteiger partial charge in [-0.3, -0.25) is 13.8 Å². The normalized spacial score (nSPS) is 16.8. The lowest BCUT2D eigenvalue weighted by Crippen LogP contribution is -2.33. The van der Waals surface area contributed by atoms with E-state index in [2.05, 4.69) is 4.72 Å². The van der Waals surface area contributed by atoms with Crippen molar-refractivity contribution in [3.05, 3.63) is 48.0 Å². The average Bonchev–Trinajstić information content (AvgIpc) is 2.91. The number of phenols is 1. The summed E-state index contributed by atoms with van der Waals surface area (Å²) in [6.45, 7) is -0.440. The highest BCUT2D eigenvalue weighted by Gasteiger charge is 2.37. The van der Waals surface area contributed by atoms with Gasteiger partial charge in [-0.05, 0) is 18.2 Å². The zero-order valence-corrected chi connectivity index (χ0v) is 15.9. The Balaban J connectivity index is 1.87. The Hall–Kier alpha value is -2.77. The molecule has 0 aromatic heterocycles. The summed E-state index contributed by atoms with van der Waals surface area (Å²) < 4.78 is 70.0. The van der Waals surface area contributed by atoms with Gasteiger partial charge in [0.25, 0.3) is 5.91 Å². The number of phenolic OH excluding ortho intramolecular Hbond substituents is 1. The summed E-state index contributed by atoms with van der Waals surface area (Å²) in [5.74, 6) is -3.10. The van der Waals surface area contributed by atoms with E-state index in [0.717, 1.165) is 39.9 Å². The predicted octanol–water partition coefficient (Wildman–Crippen LogP) is 0.978. The molecule has 3 N–H and O–H groups in total. The minimum absolute atomic E-state index is 0.0193. The van der Waals surface area contributed by atoms with E-state index >= 15 is 0 Å². The van der Waals surface area contributed by atoms with Crippen LogP contribution < -0.4 is 18.1 Å². The first-order valence-electron chi connectivity index (χ1n) is 7.62. The highest BCUT2D eigenvalue weighted by molar-refractivity contribution is 7.94. The second-order valence-electron chi connectivity index (χ2n) is 5.69. The highest BCUT2D eigenvalue weighted by atomic mass is 32.2. The van der Waals surface area contributed by atoms with Gasteiger partial charge in [-0.2, -0.15) is 12.7 Å². The van der Waals surface area contributed by atoms with Crippen molar-refractivity contribution in [2.75, 3.05) is 26.9 Å². The molecule has 0 aliphatic carbocycles. The fourth-order valence-electron chi connectivity index (χ4n) is 2.45. The first-order valence-corrected chi connectivity index (χ1v) is 10.2. The molecule has 0 radical (unpaired) electrons. The number of halogens is 2. The van der Waals surface area contributed by atoms with E-state index in [-0.39, 0.29) is 11.4 Å². The number of anilines is 3. The average molecular weight is 432 g/mol. The molecule has 1 atom stereocenters. The van der Waals surface area contributed by atoms with Crippen molar-refractivity contribution in [2.24, 2.45) is 0 Å². The van der Waals surface area contributed by atoms with Gasteiger partial charge in [0.1, 0.15) is 11.6 Å². The molecule has 1 unspecified atom stereocenters. The number of carbonyl (C=O) groups is 1. The largest absolute Gasteiger partial charge is 0.568 e. The van der Waals surface area contributed by atoms with E-state index in [9.17, 15) is 31.7 Å². The fourth-order valence-corrected chi connectivity index (χ4v) is 4.35. The molecular formula is C15H14F2N4O5S2. The number of aromatic hydroxyl groups is 1. The number of nitrogens with zero attached hydrogens (tertiary/aromatic N) is 2. The predicted molar refractivity (Wildman–Crippen MR) is 99.0 cm³/mol. The Morgan fingerprint density at radius 1 is 1.32 bits per heavy atom. The molecule has 1 heterocycles. The number of nitrogens with one attached hydrogen (secondary N) is 2. The first-order chi connectivity index (χ1) is 13.1. The van der Waals surface area contributed by atoms with Crippen molar-refractivity contribution >= 4 is 44.7 Å². The molecule has 0 saturated carbocycles. The Morgan fingerprint density at radius 3 is 2.61 bits per heavy atom. The molecule has 150 valence electrons. The van der Waals surface area contributed by atoms with Crippen LogP contribution in [0.1, 0.15) is 0 Å². The number of hydrogen-bond donors (Lipinski definition) is 3. The van der Waals surface area contributed by atoms with E-state index in [4.69, 9.17) is 0 Å². The van der Waals surface area contributed by atoms with Crippen LogP contribution in [-0.4, -0.2) is 37.6 Å². The van der Waals surface area contributed by atoms with E-state index < -0.39 is 57.3 Å². The lowest BCUT2D eigenvalue weighted by atomic mass is 10.2. The number of rotatable bonds is 5. The van der Waals surface area contributed by atoms with Gasteiger partial charge in [0, 0.05) is 19.2 Å². The minimum Gasteiger partial charge on any atom is -0.568 e. The summed E-state index contributed by atoms with van der Waals surface area (Å²) in [6.07, 6.45) is 0. The summed E-state index contributed by atoms with van der Waals surface area (Å²) in [4.78, 5) is 11.3. The van der Waals surface area contributed by atoms with Gasteiger partial charge in [-0.15, -0.1) is 4.72 Å². The number of hydrogen-bond acceptors (Lipinski definition) is 6. The van der Waals surface area contributed by atoms with Gasteiger partial charge >= 0.3 is 10.2 Å². The second kappa shape index (κ2) is 7.33. The molecule has 0 spiro atoms. The summed E-state index contributed by atoms with van der Waals surface area (Å²) in [5.41, 5.74) is -0.824. The zero-order chi connectivity index (χ0) is 20.6. The third-order valence-corrected chi connectivity index (χ3v) is 6.30. The Kier molecular flexibility index (Phi) is 5.23. The van der Waals surface area contributed by atoms with Crippen LogP contribution in [0.15, 0.2) is 36.4 Å². The van der Waals surface area contributed by atoms with Crippen molar-refractivity contribution in [1.29, 1.82) is 0 Å². The molecule has 0 bridgehead atoms. The van der Waals surface area contributed by atoms with E-state index in [1.165, 1.54) is 12.1 Å². The van der Waals surface area contributed by atoms with Crippen molar-refractivity contribution in [2.45, 2.75) is 0 Å². The van der Waals surface area contributed by atoms with Crippen LogP contribution >= 0.6 is 0 Å². The Labute approximate surface area is 162 Å². The van der Waals surface area contributed by atoms with Crippen molar-refractivity contribution in [3.8, 4) is 5.75 Å². The van der Waals surface area contributed by atoms with Gasteiger partial charge in [0.05, 0.1) is 11.4 Å². The quantitative estimate of drug-likeness (QED) is 0.605. The highest BCUT2D eigenvalue weighted by Crippen LogP contribution is 2.36. The summed E-state index contributed by atoms with van der Waals surface area (Å²) in [7, 11) is -3.11. The smallest absolute Gasteiger partial charge is 0.323 e. The first kappa shape index (κ1) is 20.0. The molecule has 3 rings (SSSR count). The van der Waals surface area contributed by atoms with Crippen LogP contribution in [0.5, 0.6) is 5.75 Å². The van der Waals surface area contributed by atoms with Crippen LogP contribution in [0, 0.1) is 11.6 Å². The molecule has 13 heteroatoms. The standard InChI is InChI=1S/C15H14F2N4O5S2/c1-20(11-4-2-3-9(16)5-11)28(25,26)19-10-6-12(17)15(13(22)7-10)21-8-14(23)18-27(21)24/h2-7,19,22H,8H2,1H3,(H,18,23). The van der Waals surface area contributed by atoms with Gasteiger partial charge in [0.2, 0.25) is 0 Å². The number of amides is 1. The molecule has 1 aliphatic rings. The Bertz CT molecular complexity index is 1010. The Morgan fingerprint density at radius 2 is 2.04 bits per heavy atom. The molecular weight excluding hydrogens is 418 g/mol. The van der Waals surface area contributed by atoms with Crippen LogP contribution in [-0.2, 0) is 26.6 Å². The molecule has 28 heavy (non-hydrogen) atoms. The zero-order valence-electron chi connectivity index (χ0n) is 14.2. The molecule has 2 aromatic rings. The van der Waals surface area contributed by atoms with Gasteiger partial charge in [-0.1, -0.05) is 6.07 Å². The molecule has 1 aliphatic heterocycles. The van der Waals surface area contributed by atoms with Crippen LogP contribution in [0.25, 0.3) is 0 Å². The van der Waals surface area contributed by atoms with Crippen LogP contribution in [0.3, 0.4) is 0 Å². The van der Waals surface area contributed by atoms with Gasteiger partial charge < -0.3 is 9.66 Å². The summed E-state index contributed by atoms with van der Waals surface area (Å²) in [6, 6.07) is 6.47. The topological polar surface area (TPSA) is 125 Å². The van der Waals surface area contributed by atoms with Crippen molar-refractivity contribution in [3.63, 3.8) is 0 Å². The monoisotopic (exact) mass is 432 g/mol. The summed E-state index contributed by atoms with van der Waals surface area (Å²) >= 11 is -2.07.